The molecule has 1 aromatic rings. The molecule has 0 bridgehead atoms. The van der Waals surface area contributed by atoms with E-state index in [2.05, 4.69) is 42.9 Å². The summed E-state index contributed by atoms with van der Waals surface area (Å²) in [6, 6.07) is 0. The van der Waals surface area contributed by atoms with Gasteiger partial charge in [0.2, 0.25) is 5.89 Å². The van der Waals surface area contributed by atoms with Crippen molar-refractivity contribution >= 4 is 0 Å². The molecule has 0 spiro atoms. The lowest BCUT2D eigenvalue weighted by Gasteiger charge is -2.23. The van der Waals surface area contributed by atoms with Crippen molar-refractivity contribution in [2.45, 2.75) is 51.0 Å². The first-order valence-corrected chi connectivity index (χ1v) is 6.63. The number of nitrogens with two attached hydrogens (primary N) is 1. The minimum absolute atomic E-state index is 0.122. The summed E-state index contributed by atoms with van der Waals surface area (Å²) < 4.78 is 5.36. The molecule has 1 saturated heterocycles. The molecule has 1 aromatic heterocycles. The van der Waals surface area contributed by atoms with Gasteiger partial charge in [0.15, 0.2) is 5.82 Å². The molecule has 2 rings (SSSR count). The minimum atomic E-state index is -0.433. The second-order valence-corrected chi connectivity index (χ2v) is 6.49. The van der Waals surface area contributed by atoms with Gasteiger partial charge in [-0.1, -0.05) is 25.9 Å². The molecule has 0 aromatic carbocycles. The van der Waals surface area contributed by atoms with Gasteiger partial charge < -0.3 is 15.2 Å². The quantitative estimate of drug-likeness (QED) is 0.823. The maximum atomic E-state index is 6.49. The van der Waals surface area contributed by atoms with Gasteiger partial charge in [0.25, 0.3) is 0 Å². The largest absolute Gasteiger partial charge is 0.339 e. The van der Waals surface area contributed by atoms with Crippen LogP contribution < -0.4 is 5.73 Å². The van der Waals surface area contributed by atoms with Gasteiger partial charge in [-0.2, -0.15) is 4.98 Å². The zero-order valence-corrected chi connectivity index (χ0v) is 11.9. The number of rotatable bonds is 1. The molecule has 1 aliphatic rings. The van der Waals surface area contributed by atoms with E-state index < -0.39 is 5.54 Å². The van der Waals surface area contributed by atoms with Crippen molar-refractivity contribution in [2.75, 3.05) is 20.1 Å². The van der Waals surface area contributed by atoms with Crippen LogP contribution in [0.25, 0.3) is 0 Å². The molecule has 2 N–H and O–H groups in total. The van der Waals surface area contributed by atoms with E-state index in [4.69, 9.17) is 10.3 Å². The molecule has 1 atom stereocenters. The molecule has 1 aliphatic heterocycles. The van der Waals surface area contributed by atoms with Gasteiger partial charge in [0.1, 0.15) is 0 Å². The zero-order valence-electron chi connectivity index (χ0n) is 11.9. The lowest BCUT2D eigenvalue weighted by Crippen LogP contribution is -2.38. The minimum Gasteiger partial charge on any atom is -0.339 e. The summed E-state index contributed by atoms with van der Waals surface area (Å²) in [5, 5.41) is 4.12. The van der Waals surface area contributed by atoms with Gasteiger partial charge >= 0.3 is 0 Å². The van der Waals surface area contributed by atoms with Gasteiger partial charge in [-0.15, -0.1) is 0 Å². The Morgan fingerprint density at radius 1 is 1.28 bits per heavy atom. The predicted molar refractivity (Wildman–Crippen MR) is 70.2 cm³/mol. The highest BCUT2D eigenvalue weighted by Crippen LogP contribution is 2.30. The van der Waals surface area contributed by atoms with Gasteiger partial charge in [-0.05, 0) is 32.9 Å². The average molecular weight is 252 g/mol. The molecular weight excluding hydrogens is 228 g/mol. The van der Waals surface area contributed by atoms with Crippen LogP contribution in [0.3, 0.4) is 0 Å². The lowest BCUT2D eigenvalue weighted by molar-refractivity contribution is 0.296. The number of nitrogens with zero attached hydrogens (tertiary/aromatic N) is 3. The summed E-state index contributed by atoms with van der Waals surface area (Å²) in [4.78, 5) is 6.83. The van der Waals surface area contributed by atoms with Crippen molar-refractivity contribution in [3.8, 4) is 0 Å². The van der Waals surface area contributed by atoms with Gasteiger partial charge in [-0.25, -0.2) is 0 Å². The summed E-state index contributed by atoms with van der Waals surface area (Å²) in [5.41, 5.74) is 5.93. The van der Waals surface area contributed by atoms with Crippen molar-refractivity contribution in [3.05, 3.63) is 11.7 Å². The van der Waals surface area contributed by atoms with E-state index in [1.807, 2.05) is 0 Å². The molecule has 0 amide bonds. The van der Waals surface area contributed by atoms with Crippen LogP contribution in [0.1, 0.15) is 51.7 Å². The molecule has 0 saturated carbocycles. The van der Waals surface area contributed by atoms with Crippen molar-refractivity contribution in [1.29, 1.82) is 0 Å². The molecular formula is C13H24N4O. The fourth-order valence-corrected chi connectivity index (χ4v) is 2.25. The maximum Gasteiger partial charge on any atom is 0.232 e. The Hall–Kier alpha value is -0.940. The maximum absolute atomic E-state index is 6.49. The Morgan fingerprint density at radius 3 is 2.61 bits per heavy atom. The van der Waals surface area contributed by atoms with Crippen LogP contribution in [-0.4, -0.2) is 35.2 Å². The van der Waals surface area contributed by atoms with Crippen LogP contribution in [0.15, 0.2) is 4.52 Å². The third-order valence-corrected chi connectivity index (χ3v) is 3.62. The molecule has 0 aliphatic carbocycles. The number of aromatic nitrogens is 2. The number of hydrogen-bond acceptors (Lipinski definition) is 5. The third kappa shape index (κ3) is 2.72. The second kappa shape index (κ2) is 4.63. The smallest absolute Gasteiger partial charge is 0.232 e. The Bertz CT molecular complexity index is 409. The normalized spacial score (nSPS) is 27.2. The third-order valence-electron chi connectivity index (χ3n) is 3.62. The highest BCUT2D eigenvalue weighted by molar-refractivity contribution is 5.08. The number of hydrogen-bond donors (Lipinski definition) is 1. The second-order valence-electron chi connectivity index (χ2n) is 6.49. The monoisotopic (exact) mass is 252 g/mol. The van der Waals surface area contributed by atoms with Crippen molar-refractivity contribution in [1.82, 2.24) is 15.0 Å². The van der Waals surface area contributed by atoms with E-state index in [1.54, 1.807) is 0 Å². The zero-order chi connectivity index (χ0) is 13.4. The fraction of sp³-hybridized carbons (Fsp3) is 0.846. The molecule has 0 radical (unpaired) electrons. The topological polar surface area (TPSA) is 68.2 Å². The van der Waals surface area contributed by atoms with Crippen LogP contribution >= 0.6 is 0 Å². The lowest BCUT2D eigenvalue weighted by atomic mass is 9.90. The van der Waals surface area contributed by atoms with E-state index in [0.29, 0.717) is 11.7 Å². The Kier molecular flexibility index (Phi) is 3.47. The molecule has 5 heteroatoms. The van der Waals surface area contributed by atoms with Crippen LogP contribution in [-0.2, 0) is 11.0 Å². The van der Waals surface area contributed by atoms with Gasteiger partial charge in [0, 0.05) is 12.0 Å². The highest BCUT2D eigenvalue weighted by atomic mass is 16.5. The molecule has 102 valence electrons. The summed E-state index contributed by atoms with van der Waals surface area (Å²) in [6.45, 7) is 8.26. The SMILES string of the molecule is CN1CCCC(N)(c2noc(C(C)(C)C)n2)CC1. The Balaban J connectivity index is 2.21. The molecule has 1 fully saturated rings. The van der Waals surface area contributed by atoms with E-state index in [0.717, 1.165) is 32.4 Å². The van der Waals surface area contributed by atoms with Crippen LogP contribution in [0.5, 0.6) is 0 Å². The standard InChI is InChI=1S/C13H24N4O/c1-12(2,3)11-15-10(16-18-11)13(14)6-5-8-17(4)9-7-13/h5-9,14H2,1-4H3. The van der Waals surface area contributed by atoms with Gasteiger partial charge in [0.05, 0.1) is 5.54 Å². The van der Waals surface area contributed by atoms with Crippen molar-refractivity contribution in [3.63, 3.8) is 0 Å². The first-order chi connectivity index (χ1) is 8.31. The van der Waals surface area contributed by atoms with Crippen LogP contribution in [0.2, 0.25) is 0 Å². The first kappa shape index (κ1) is 13.5. The Morgan fingerprint density at radius 2 is 2.00 bits per heavy atom. The van der Waals surface area contributed by atoms with E-state index in [9.17, 15) is 0 Å². The summed E-state index contributed by atoms with van der Waals surface area (Å²) in [6.07, 6.45) is 2.87. The van der Waals surface area contributed by atoms with E-state index in [-0.39, 0.29) is 5.41 Å². The van der Waals surface area contributed by atoms with Crippen LogP contribution in [0, 0.1) is 0 Å². The molecule has 2 heterocycles. The highest BCUT2D eigenvalue weighted by Gasteiger charge is 2.35. The predicted octanol–water partition coefficient (Wildman–Crippen LogP) is 1.64. The molecule has 1 unspecified atom stereocenters. The summed E-state index contributed by atoms with van der Waals surface area (Å²) in [7, 11) is 2.13. The first-order valence-electron chi connectivity index (χ1n) is 6.63. The Labute approximate surface area is 109 Å². The molecule has 18 heavy (non-hydrogen) atoms. The summed E-state index contributed by atoms with van der Waals surface area (Å²) >= 11 is 0. The van der Waals surface area contributed by atoms with Crippen LogP contribution in [0.4, 0.5) is 0 Å². The average Bonchev–Trinajstić information content (AvgIpc) is 2.70. The van der Waals surface area contributed by atoms with Crippen molar-refractivity contribution in [2.24, 2.45) is 5.73 Å². The summed E-state index contributed by atoms with van der Waals surface area (Å²) in [5.74, 6) is 1.34. The molecule has 5 nitrogen and oxygen atoms in total. The number of likely N-dealkylation sites (tertiary alicyclic amines) is 1. The van der Waals surface area contributed by atoms with E-state index >= 15 is 0 Å². The van der Waals surface area contributed by atoms with E-state index in [1.165, 1.54) is 0 Å². The van der Waals surface area contributed by atoms with Gasteiger partial charge in [-0.3, -0.25) is 0 Å². The van der Waals surface area contributed by atoms with Crippen molar-refractivity contribution < 1.29 is 4.52 Å². The fourth-order valence-electron chi connectivity index (χ4n) is 2.25.